The first-order chi connectivity index (χ1) is 6.13. The van der Waals surface area contributed by atoms with E-state index in [1.165, 1.54) is 12.8 Å². The molecule has 1 rings (SSSR count). The van der Waals surface area contributed by atoms with E-state index in [9.17, 15) is 0 Å². The van der Waals surface area contributed by atoms with Crippen LogP contribution in [0.4, 0.5) is 0 Å². The van der Waals surface area contributed by atoms with E-state index in [0.29, 0.717) is 12.2 Å². The Kier molecular flexibility index (Phi) is 4.20. The van der Waals surface area contributed by atoms with Gasteiger partial charge in [-0.25, -0.2) is 0 Å². The third-order valence-corrected chi connectivity index (χ3v) is 2.78. The van der Waals surface area contributed by atoms with Crippen LogP contribution in [-0.2, 0) is 4.74 Å². The van der Waals surface area contributed by atoms with Crippen molar-refractivity contribution in [2.45, 2.75) is 58.8 Å². The number of rotatable bonds is 3. The van der Waals surface area contributed by atoms with Crippen LogP contribution in [-0.4, -0.2) is 36.2 Å². The zero-order valence-corrected chi connectivity index (χ0v) is 9.42. The molecule has 0 aliphatic carbocycles. The molecule has 1 fully saturated rings. The lowest BCUT2D eigenvalue weighted by molar-refractivity contribution is -0.0791. The standard InChI is InChI=1S/C11H23NO/c1-5-6-9(2)12-7-10(3)13-11(4)8-12/h9-11H,5-8H2,1-4H3/t9-,10-,11-/m1/s1. The summed E-state index contributed by atoms with van der Waals surface area (Å²) in [6, 6.07) is 0.721. The van der Waals surface area contributed by atoms with Gasteiger partial charge in [-0.2, -0.15) is 0 Å². The van der Waals surface area contributed by atoms with Gasteiger partial charge in [-0.15, -0.1) is 0 Å². The van der Waals surface area contributed by atoms with Gasteiger partial charge in [0, 0.05) is 19.1 Å². The quantitative estimate of drug-likeness (QED) is 0.669. The summed E-state index contributed by atoms with van der Waals surface area (Å²) in [5.41, 5.74) is 0. The van der Waals surface area contributed by atoms with Gasteiger partial charge < -0.3 is 4.74 Å². The van der Waals surface area contributed by atoms with Crippen molar-refractivity contribution in [1.29, 1.82) is 0 Å². The van der Waals surface area contributed by atoms with Crippen LogP contribution < -0.4 is 0 Å². The maximum atomic E-state index is 5.70. The molecule has 2 heteroatoms. The predicted molar refractivity (Wildman–Crippen MR) is 56.0 cm³/mol. The molecule has 1 aliphatic rings. The lowest BCUT2D eigenvalue weighted by Crippen LogP contribution is -2.49. The molecule has 0 spiro atoms. The minimum absolute atomic E-state index is 0.406. The molecule has 78 valence electrons. The van der Waals surface area contributed by atoms with E-state index >= 15 is 0 Å². The Labute approximate surface area is 82.3 Å². The first kappa shape index (κ1) is 11.0. The molecule has 0 aromatic rings. The molecule has 1 heterocycles. The fourth-order valence-electron chi connectivity index (χ4n) is 2.18. The van der Waals surface area contributed by atoms with Crippen LogP contribution in [0.1, 0.15) is 40.5 Å². The second kappa shape index (κ2) is 4.97. The van der Waals surface area contributed by atoms with Crippen LogP contribution in [0.3, 0.4) is 0 Å². The highest BCUT2D eigenvalue weighted by molar-refractivity contribution is 4.77. The molecule has 0 saturated carbocycles. The van der Waals surface area contributed by atoms with Crippen LogP contribution in [0.15, 0.2) is 0 Å². The summed E-state index contributed by atoms with van der Waals surface area (Å²) < 4.78 is 5.70. The molecule has 0 amide bonds. The van der Waals surface area contributed by atoms with Gasteiger partial charge in [-0.3, -0.25) is 4.90 Å². The van der Waals surface area contributed by atoms with Gasteiger partial charge >= 0.3 is 0 Å². The smallest absolute Gasteiger partial charge is 0.0678 e. The fourth-order valence-corrected chi connectivity index (χ4v) is 2.18. The molecule has 1 aliphatic heterocycles. The van der Waals surface area contributed by atoms with E-state index in [0.717, 1.165) is 19.1 Å². The predicted octanol–water partition coefficient (Wildman–Crippen LogP) is 2.28. The van der Waals surface area contributed by atoms with Gasteiger partial charge in [0.25, 0.3) is 0 Å². The Bertz CT molecular complexity index is 139. The van der Waals surface area contributed by atoms with Crippen LogP contribution in [0.2, 0.25) is 0 Å². The maximum absolute atomic E-state index is 5.70. The van der Waals surface area contributed by atoms with Crippen molar-refractivity contribution in [2.24, 2.45) is 0 Å². The summed E-state index contributed by atoms with van der Waals surface area (Å²) in [5.74, 6) is 0. The Hall–Kier alpha value is -0.0800. The van der Waals surface area contributed by atoms with Gasteiger partial charge in [0.15, 0.2) is 0 Å². The topological polar surface area (TPSA) is 12.5 Å². The molecule has 0 radical (unpaired) electrons. The highest BCUT2D eigenvalue weighted by Gasteiger charge is 2.24. The van der Waals surface area contributed by atoms with Gasteiger partial charge in [0.1, 0.15) is 0 Å². The second-order valence-corrected chi connectivity index (χ2v) is 4.35. The Morgan fingerprint density at radius 2 is 1.85 bits per heavy atom. The van der Waals surface area contributed by atoms with Crippen molar-refractivity contribution < 1.29 is 4.74 Å². The first-order valence-electron chi connectivity index (χ1n) is 5.53. The molecule has 0 N–H and O–H groups in total. The molecular formula is C11H23NO. The number of morpholine rings is 1. The van der Waals surface area contributed by atoms with E-state index in [4.69, 9.17) is 4.74 Å². The van der Waals surface area contributed by atoms with Gasteiger partial charge in [-0.1, -0.05) is 13.3 Å². The van der Waals surface area contributed by atoms with Gasteiger partial charge in [-0.05, 0) is 27.2 Å². The lowest BCUT2D eigenvalue weighted by atomic mass is 10.1. The third kappa shape index (κ3) is 3.28. The van der Waals surface area contributed by atoms with Gasteiger partial charge in [0.05, 0.1) is 12.2 Å². The van der Waals surface area contributed by atoms with Crippen LogP contribution in [0, 0.1) is 0 Å². The van der Waals surface area contributed by atoms with Gasteiger partial charge in [0.2, 0.25) is 0 Å². The third-order valence-electron chi connectivity index (χ3n) is 2.78. The largest absolute Gasteiger partial charge is 0.373 e. The van der Waals surface area contributed by atoms with E-state index in [1.807, 2.05) is 0 Å². The Morgan fingerprint density at radius 1 is 1.31 bits per heavy atom. The van der Waals surface area contributed by atoms with Crippen LogP contribution in [0.5, 0.6) is 0 Å². The van der Waals surface area contributed by atoms with Crippen molar-refractivity contribution in [3.05, 3.63) is 0 Å². The fraction of sp³-hybridized carbons (Fsp3) is 1.00. The maximum Gasteiger partial charge on any atom is 0.0678 e. The summed E-state index contributed by atoms with van der Waals surface area (Å²) in [5, 5.41) is 0. The van der Waals surface area contributed by atoms with Crippen molar-refractivity contribution in [2.75, 3.05) is 13.1 Å². The molecule has 2 nitrogen and oxygen atoms in total. The molecule has 0 aromatic carbocycles. The summed E-state index contributed by atoms with van der Waals surface area (Å²) in [6.07, 6.45) is 3.40. The van der Waals surface area contributed by atoms with Crippen molar-refractivity contribution in [1.82, 2.24) is 4.90 Å². The van der Waals surface area contributed by atoms with Crippen molar-refractivity contribution in [3.63, 3.8) is 0 Å². The minimum Gasteiger partial charge on any atom is -0.373 e. The lowest BCUT2D eigenvalue weighted by Gasteiger charge is -2.38. The number of ether oxygens (including phenoxy) is 1. The summed E-state index contributed by atoms with van der Waals surface area (Å²) in [7, 11) is 0. The highest BCUT2D eigenvalue weighted by atomic mass is 16.5. The molecule has 1 saturated heterocycles. The molecule has 0 aromatic heterocycles. The normalized spacial score (nSPS) is 33.2. The monoisotopic (exact) mass is 185 g/mol. The molecular weight excluding hydrogens is 162 g/mol. The minimum atomic E-state index is 0.406. The number of hydrogen-bond acceptors (Lipinski definition) is 2. The van der Waals surface area contributed by atoms with E-state index in [2.05, 4.69) is 32.6 Å². The zero-order valence-electron chi connectivity index (χ0n) is 9.42. The summed E-state index contributed by atoms with van der Waals surface area (Å²) in [4.78, 5) is 2.56. The average Bonchev–Trinajstić information content (AvgIpc) is 2.03. The Morgan fingerprint density at radius 3 is 2.31 bits per heavy atom. The summed E-state index contributed by atoms with van der Waals surface area (Å²) >= 11 is 0. The summed E-state index contributed by atoms with van der Waals surface area (Å²) in [6.45, 7) is 11.1. The molecule has 3 atom stereocenters. The molecule has 0 bridgehead atoms. The Balaban J connectivity index is 2.40. The first-order valence-corrected chi connectivity index (χ1v) is 5.53. The highest BCUT2D eigenvalue weighted by Crippen LogP contribution is 2.15. The number of hydrogen-bond donors (Lipinski definition) is 0. The van der Waals surface area contributed by atoms with Crippen LogP contribution >= 0.6 is 0 Å². The SMILES string of the molecule is CCC[C@@H](C)N1C[C@@H](C)O[C@H](C)C1. The van der Waals surface area contributed by atoms with Crippen molar-refractivity contribution in [3.8, 4) is 0 Å². The van der Waals surface area contributed by atoms with E-state index in [-0.39, 0.29) is 0 Å². The second-order valence-electron chi connectivity index (χ2n) is 4.35. The van der Waals surface area contributed by atoms with E-state index in [1.54, 1.807) is 0 Å². The van der Waals surface area contributed by atoms with Crippen LogP contribution in [0.25, 0.3) is 0 Å². The molecule has 13 heavy (non-hydrogen) atoms. The van der Waals surface area contributed by atoms with E-state index < -0.39 is 0 Å². The zero-order chi connectivity index (χ0) is 9.84. The average molecular weight is 185 g/mol. The van der Waals surface area contributed by atoms with Crippen molar-refractivity contribution >= 4 is 0 Å². The molecule has 0 unspecified atom stereocenters. The number of nitrogens with zero attached hydrogens (tertiary/aromatic N) is 1.